The number of carbonyl (C=O) groups is 1. The van der Waals surface area contributed by atoms with Crippen molar-refractivity contribution in [3.63, 3.8) is 0 Å². The zero-order valence-electron chi connectivity index (χ0n) is 10.9. The number of hydrogen-bond donors (Lipinski definition) is 0. The third kappa shape index (κ3) is 2.26. The Labute approximate surface area is 107 Å². The van der Waals surface area contributed by atoms with Crippen LogP contribution in [0, 0.1) is 0 Å². The van der Waals surface area contributed by atoms with E-state index in [0.717, 1.165) is 18.4 Å². The third-order valence-corrected chi connectivity index (χ3v) is 3.51. The van der Waals surface area contributed by atoms with E-state index in [1.165, 1.54) is 0 Å². The maximum absolute atomic E-state index is 14.8. The van der Waals surface area contributed by atoms with Gasteiger partial charge in [-0.05, 0) is 25.3 Å². The van der Waals surface area contributed by atoms with Crippen molar-refractivity contribution in [2.24, 2.45) is 0 Å². The zero-order valence-corrected chi connectivity index (χ0v) is 10.9. The topological polar surface area (TPSA) is 26.3 Å². The van der Waals surface area contributed by atoms with Gasteiger partial charge in [-0.3, -0.25) is 0 Å². The maximum atomic E-state index is 14.8. The number of aryl methyl sites for hydroxylation is 1. The fourth-order valence-corrected chi connectivity index (χ4v) is 2.52. The van der Waals surface area contributed by atoms with E-state index in [2.05, 4.69) is 0 Å². The van der Waals surface area contributed by atoms with Crippen molar-refractivity contribution in [1.29, 1.82) is 0 Å². The lowest BCUT2D eigenvalue weighted by Gasteiger charge is -2.22. The molecule has 1 aliphatic rings. The minimum atomic E-state index is -1.95. The Morgan fingerprint density at radius 3 is 2.94 bits per heavy atom. The van der Waals surface area contributed by atoms with Gasteiger partial charge in [0, 0.05) is 12.0 Å². The molecular weight excluding hydrogens is 231 g/mol. The number of halogens is 1. The Balaban J connectivity index is 2.16. The monoisotopic (exact) mass is 250 g/mol. The Bertz CT molecular complexity index is 444. The van der Waals surface area contributed by atoms with Gasteiger partial charge in [0.15, 0.2) is 0 Å². The Morgan fingerprint density at radius 2 is 2.22 bits per heavy atom. The summed E-state index contributed by atoms with van der Waals surface area (Å²) < 4.78 is 20.0. The summed E-state index contributed by atoms with van der Waals surface area (Å²) in [6.45, 7) is 3.83. The van der Waals surface area contributed by atoms with E-state index in [1.54, 1.807) is 12.1 Å². The van der Waals surface area contributed by atoms with Crippen LogP contribution in [-0.4, -0.2) is 12.1 Å². The van der Waals surface area contributed by atoms with Gasteiger partial charge in [-0.25, -0.2) is 9.18 Å². The van der Waals surface area contributed by atoms with Gasteiger partial charge in [0.05, 0.1) is 6.10 Å². The Morgan fingerprint density at radius 1 is 1.50 bits per heavy atom. The molecule has 1 aromatic rings. The fraction of sp³-hybridized carbons (Fsp3) is 0.533. The Kier molecular flexibility index (Phi) is 3.69. The highest BCUT2D eigenvalue weighted by Crippen LogP contribution is 2.41. The molecule has 3 heteroatoms. The number of alkyl halides is 1. The summed E-state index contributed by atoms with van der Waals surface area (Å²) in [7, 11) is 0. The fourth-order valence-electron chi connectivity index (χ4n) is 2.52. The lowest BCUT2D eigenvalue weighted by Crippen LogP contribution is -2.33. The molecule has 0 N–H and O–H groups in total. The molecule has 0 saturated carbocycles. The molecule has 2 rings (SSSR count). The third-order valence-electron chi connectivity index (χ3n) is 3.51. The molecule has 0 saturated heterocycles. The molecule has 0 aliphatic heterocycles. The van der Waals surface area contributed by atoms with E-state index in [4.69, 9.17) is 4.74 Å². The first kappa shape index (κ1) is 13.1. The molecule has 0 aromatic heterocycles. The average molecular weight is 250 g/mol. The molecule has 0 amide bonds. The summed E-state index contributed by atoms with van der Waals surface area (Å²) in [5, 5.41) is 0. The van der Waals surface area contributed by atoms with Gasteiger partial charge in [0.25, 0.3) is 0 Å². The quantitative estimate of drug-likeness (QED) is 0.764. The van der Waals surface area contributed by atoms with Gasteiger partial charge >= 0.3 is 5.97 Å². The van der Waals surface area contributed by atoms with Crippen molar-refractivity contribution in [2.75, 3.05) is 0 Å². The molecule has 18 heavy (non-hydrogen) atoms. The summed E-state index contributed by atoms with van der Waals surface area (Å²) in [5.74, 6) is -0.728. The van der Waals surface area contributed by atoms with Crippen molar-refractivity contribution in [3.05, 3.63) is 35.4 Å². The SMILES string of the molecule is CCC[C@H](C)OC(=O)C1(F)CCc2ccccc21. The largest absolute Gasteiger partial charge is 0.460 e. The van der Waals surface area contributed by atoms with Gasteiger partial charge in [-0.15, -0.1) is 0 Å². The van der Waals surface area contributed by atoms with Crippen LogP contribution >= 0.6 is 0 Å². The van der Waals surface area contributed by atoms with Crippen molar-refractivity contribution >= 4 is 5.97 Å². The molecule has 0 radical (unpaired) electrons. The van der Waals surface area contributed by atoms with Gasteiger partial charge in [0.1, 0.15) is 0 Å². The number of ether oxygens (including phenoxy) is 1. The average Bonchev–Trinajstić information content (AvgIpc) is 2.69. The molecule has 0 fully saturated rings. The first-order valence-electron chi connectivity index (χ1n) is 6.56. The van der Waals surface area contributed by atoms with Crippen LogP contribution in [0.15, 0.2) is 24.3 Å². The lowest BCUT2D eigenvalue weighted by atomic mass is 9.98. The highest BCUT2D eigenvalue weighted by Gasteiger charge is 2.47. The van der Waals surface area contributed by atoms with Crippen LogP contribution in [0.5, 0.6) is 0 Å². The molecule has 2 nitrogen and oxygen atoms in total. The number of carbonyl (C=O) groups excluding carboxylic acids is 1. The van der Waals surface area contributed by atoms with Gasteiger partial charge in [0.2, 0.25) is 5.67 Å². The van der Waals surface area contributed by atoms with E-state index in [0.29, 0.717) is 12.0 Å². The molecule has 2 atom stereocenters. The van der Waals surface area contributed by atoms with Crippen LogP contribution in [0.25, 0.3) is 0 Å². The number of fused-ring (bicyclic) bond motifs is 1. The molecule has 98 valence electrons. The Hall–Kier alpha value is -1.38. The highest BCUT2D eigenvalue weighted by atomic mass is 19.1. The summed E-state index contributed by atoms with van der Waals surface area (Å²) >= 11 is 0. The standard InChI is InChI=1S/C15H19FO2/c1-3-6-11(2)18-14(17)15(16)10-9-12-7-4-5-8-13(12)15/h4-5,7-8,11H,3,6,9-10H2,1-2H3/t11-,15?/m0/s1. The van der Waals surface area contributed by atoms with Gasteiger partial charge in [-0.1, -0.05) is 37.6 Å². The van der Waals surface area contributed by atoms with E-state index in [1.807, 2.05) is 26.0 Å². The first-order chi connectivity index (χ1) is 8.58. The van der Waals surface area contributed by atoms with E-state index in [9.17, 15) is 9.18 Å². The molecule has 0 spiro atoms. The number of esters is 1. The summed E-state index contributed by atoms with van der Waals surface area (Å²) in [6, 6.07) is 7.20. The predicted molar refractivity (Wildman–Crippen MR) is 68.0 cm³/mol. The number of hydrogen-bond acceptors (Lipinski definition) is 2. The second kappa shape index (κ2) is 5.09. The summed E-state index contributed by atoms with van der Waals surface area (Å²) in [4.78, 5) is 12.0. The number of benzene rings is 1. The summed E-state index contributed by atoms with van der Waals surface area (Å²) in [6.07, 6.45) is 2.27. The van der Waals surface area contributed by atoms with Crippen molar-refractivity contribution in [3.8, 4) is 0 Å². The zero-order chi connectivity index (χ0) is 13.2. The summed E-state index contributed by atoms with van der Waals surface area (Å²) in [5.41, 5.74) is -0.544. The maximum Gasteiger partial charge on any atom is 0.348 e. The molecule has 1 aromatic carbocycles. The van der Waals surface area contributed by atoms with E-state index >= 15 is 0 Å². The van der Waals surface area contributed by atoms with Crippen LogP contribution in [-0.2, 0) is 21.6 Å². The van der Waals surface area contributed by atoms with E-state index < -0.39 is 11.6 Å². The van der Waals surface area contributed by atoms with Gasteiger partial charge in [-0.2, -0.15) is 0 Å². The second-order valence-corrected chi connectivity index (χ2v) is 4.96. The second-order valence-electron chi connectivity index (χ2n) is 4.96. The van der Waals surface area contributed by atoms with Crippen LogP contribution in [0.4, 0.5) is 4.39 Å². The molecule has 1 aliphatic carbocycles. The van der Waals surface area contributed by atoms with E-state index in [-0.39, 0.29) is 12.5 Å². The highest BCUT2D eigenvalue weighted by molar-refractivity contribution is 5.83. The smallest absolute Gasteiger partial charge is 0.348 e. The first-order valence-corrected chi connectivity index (χ1v) is 6.56. The van der Waals surface area contributed by atoms with Gasteiger partial charge < -0.3 is 4.74 Å². The normalized spacial score (nSPS) is 23.5. The molecule has 0 heterocycles. The van der Waals surface area contributed by atoms with Crippen LogP contribution in [0.1, 0.15) is 44.2 Å². The molecule has 0 bridgehead atoms. The van der Waals surface area contributed by atoms with Crippen LogP contribution in [0.2, 0.25) is 0 Å². The van der Waals surface area contributed by atoms with Crippen molar-refractivity contribution in [2.45, 2.75) is 51.3 Å². The minimum absolute atomic E-state index is 0.198. The van der Waals surface area contributed by atoms with Crippen molar-refractivity contribution in [1.82, 2.24) is 0 Å². The van der Waals surface area contributed by atoms with Crippen LogP contribution in [0.3, 0.4) is 0 Å². The number of rotatable bonds is 4. The predicted octanol–water partition coefficient (Wildman–Crippen LogP) is 3.53. The molecular formula is C15H19FO2. The van der Waals surface area contributed by atoms with Crippen molar-refractivity contribution < 1.29 is 13.9 Å². The molecule has 1 unspecified atom stereocenters. The minimum Gasteiger partial charge on any atom is -0.460 e. The lowest BCUT2D eigenvalue weighted by molar-refractivity contribution is -0.163. The van der Waals surface area contributed by atoms with Crippen LogP contribution < -0.4 is 0 Å².